The zero-order valence-electron chi connectivity index (χ0n) is 12.7. The van der Waals surface area contributed by atoms with Crippen molar-refractivity contribution < 1.29 is 8.42 Å². The quantitative estimate of drug-likeness (QED) is 0.853. The smallest absolute Gasteiger partial charge is 0.182 e. The lowest BCUT2D eigenvalue weighted by molar-refractivity contribution is 0.308. The summed E-state index contributed by atoms with van der Waals surface area (Å²) in [5.74, 6) is 0.472. The molecular weight excluding hydrogens is 350 g/mol. The van der Waals surface area contributed by atoms with Crippen LogP contribution in [0, 0.1) is 5.92 Å². The Morgan fingerprint density at radius 1 is 1.24 bits per heavy atom. The maximum Gasteiger partial charge on any atom is 0.182 e. The molecule has 3 nitrogen and oxygen atoms in total. The Morgan fingerprint density at radius 2 is 1.90 bits per heavy atom. The molecule has 1 N–H and O–H groups in total. The van der Waals surface area contributed by atoms with Gasteiger partial charge in [-0.3, -0.25) is 0 Å². The Bertz CT molecular complexity index is 554. The number of hydrogen-bond donors (Lipinski definition) is 1. The molecular formula is C16H24BrNO2S. The predicted octanol–water partition coefficient (Wildman–Crippen LogP) is 3.78. The summed E-state index contributed by atoms with van der Waals surface area (Å²) >= 11 is 3.36. The maximum atomic E-state index is 13.0. The normalized spacial score (nSPS) is 26.7. The number of hydrogen-bond acceptors (Lipinski definition) is 3. The first-order chi connectivity index (χ1) is 9.95. The molecule has 0 spiro atoms. The summed E-state index contributed by atoms with van der Waals surface area (Å²) in [6.45, 7) is 5.14. The molecule has 0 heterocycles. The highest BCUT2D eigenvalue weighted by atomic mass is 79.9. The SMILES string of the molecule is CCCNC1CCC(C)CC1S(=O)(=O)c1ccc(Br)cc1. The molecule has 5 heteroatoms. The van der Waals surface area contributed by atoms with Crippen molar-refractivity contribution in [1.82, 2.24) is 5.32 Å². The monoisotopic (exact) mass is 373 g/mol. The van der Waals surface area contributed by atoms with E-state index < -0.39 is 9.84 Å². The first-order valence-electron chi connectivity index (χ1n) is 7.68. The van der Waals surface area contributed by atoms with Crippen molar-refractivity contribution in [2.24, 2.45) is 5.92 Å². The van der Waals surface area contributed by atoms with E-state index >= 15 is 0 Å². The van der Waals surface area contributed by atoms with Gasteiger partial charge in [0, 0.05) is 10.5 Å². The van der Waals surface area contributed by atoms with Crippen LogP contribution in [-0.2, 0) is 9.84 Å². The average Bonchev–Trinajstić information content (AvgIpc) is 2.46. The second-order valence-corrected chi connectivity index (χ2v) is 9.10. The van der Waals surface area contributed by atoms with Gasteiger partial charge in [0.15, 0.2) is 9.84 Å². The van der Waals surface area contributed by atoms with E-state index in [2.05, 4.69) is 35.1 Å². The highest BCUT2D eigenvalue weighted by Crippen LogP contribution is 2.32. The number of sulfone groups is 1. The average molecular weight is 374 g/mol. The van der Waals surface area contributed by atoms with Crippen LogP contribution in [0.2, 0.25) is 0 Å². The maximum absolute atomic E-state index is 13.0. The van der Waals surface area contributed by atoms with E-state index in [4.69, 9.17) is 0 Å². The van der Waals surface area contributed by atoms with Crippen LogP contribution >= 0.6 is 15.9 Å². The molecule has 1 aliphatic rings. The van der Waals surface area contributed by atoms with Gasteiger partial charge in [-0.25, -0.2) is 8.42 Å². The molecule has 1 saturated carbocycles. The molecule has 0 saturated heterocycles. The van der Waals surface area contributed by atoms with Crippen LogP contribution in [0.5, 0.6) is 0 Å². The summed E-state index contributed by atoms with van der Waals surface area (Å²) < 4.78 is 26.8. The summed E-state index contributed by atoms with van der Waals surface area (Å²) in [6.07, 6.45) is 3.83. The molecule has 0 aromatic heterocycles. The molecule has 0 bridgehead atoms. The Balaban J connectivity index is 2.27. The molecule has 1 aromatic rings. The standard InChI is InChI=1S/C16H24BrNO2S/c1-3-10-18-15-9-4-12(2)11-16(15)21(19,20)14-7-5-13(17)6-8-14/h5-8,12,15-16,18H,3-4,9-11H2,1-2H3. The van der Waals surface area contributed by atoms with E-state index in [0.29, 0.717) is 10.8 Å². The van der Waals surface area contributed by atoms with Crippen molar-refractivity contribution in [3.63, 3.8) is 0 Å². The second-order valence-electron chi connectivity index (χ2n) is 6.02. The van der Waals surface area contributed by atoms with Gasteiger partial charge in [-0.1, -0.05) is 29.8 Å². The minimum atomic E-state index is -3.27. The van der Waals surface area contributed by atoms with Gasteiger partial charge in [0.2, 0.25) is 0 Å². The van der Waals surface area contributed by atoms with E-state index in [9.17, 15) is 8.42 Å². The van der Waals surface area contributed by atoms with E-state index in [1.54, 1.807) is 24.3 Å². The van der Waals surface area contributed by atoms with Crippen LogP contribution < -0.4 is 5.32 Å². The molecule has 1 aliphatic carbocycles. The van der Waals surface area contributed by atoms with Gasteiger partial charge >= 0.3 is 0 Å². The predicted molar refractivity (Wildman–Crippen MR) is 90.2 cm³/mol. The molecule has 3 atom stereocenters. The van der Waals surface area contributed by atoms with Gasteiger partial charge in [0.05, 0.1) is 10.1 Å². The number of benzene rings is 1. The van der Waals surface area contributed by atoms with E-state index in [1.807, 2.05) is 0 Å². The molecule has 0 amide bonds. The molecule has 21 heavy (non-hydrogen) atoms. The molecule has 118 valence electrons. The third kappa shape index (κ3) is 4.08. The topological polar surface area (TPSA) is 46.2 Å². The first-order valence-corrected chi connectivity index (χ1v) is 10.0. The molecule has 2 rings (SSSR count). The molecule has 0 aliphatic heterocycles. The highest BCUT2D eigenvalue weighted by molar-refractivity contribution is 9.10. The van der Waals surface area contributed by atoms with Gasteiger partial charge in [0.25, 0.3) is 0 Å². The summed E-state index contributed by atoms with van der Waals surface area (Å²) in [6, 6.07) is 7.08. The number of rotatable bonds is 5. The molecule has 0 radical (unpaired) electrons. The van der Waals surface area contributed by atoms with Crippen molar-refractivity contribution in [2.45, 2.75) is 55.7 Å². The minimum absolute atomic E-state index is 0.0785. The summed E-state index contributed by atoms with van der Waals surface area (Å²) in [4.78, 5) is 0.438. The fourth-order valence-corrected chi connectivity index (χ4v) is 5.41. The molecule has 3 unspecified atom stereocenters. The highest BCUT2D eigenvalue weighted by Gasteiger charge is 2.38. The van der Waals surface area contributed by atoms with Crippen LogP contribution in [0.4, 0.5) is 0 Å². The van der Waals surface area contributed by atoms with Crippen molar-refractivity contribution in [3.05, 3.63) is 28.7 Å². The largest absolute Gasteiger partial charge is 0.313 e. The second kappa shape index (κ2) is 7.25. The summed E-state index contributed by atoms with van der Waals surface area (Å²) in [7, 11) is -3.27. The summed E-state index contributed by atoms with van der Waals surface area (Å²) in [5.41, 5.74) is 0. The Hall–Kier alpha value is -0.390. The summed E-state index contributed by atoms with van der Waals surface area (Å²) in [5, 5.41) is 3.13. The van der Waals surface area contributed by atoms with Crippen LogP contribution in [0.25, 0.3) is 0 Å². The minimum Gasteiger partial charge on any atom is -0.313 e. The van der Waals surface area contributed by atoms with Crippen molar-refractivity contribution >= 4 is 25.8 Å². The van der Waals surface area contributed by atoms with E-state index in [-0.39, 0.29) is 11.3 Å². The number of nitrogens with one attached hydrogen (secondary N) is 1. The van der Waals surface area contributed by atoms with Crippen molar-refractivity contribution in [3.8, 4) is 0 Å². The lowest BCUT2D eigenvalue weighted by Gasteiger charge is -2.35. The lowest BCUT2D eigenvalue weighted by Crippen LogP contribution is -2.48. The lowest BCUT2D eigenvalue weighted by atomic mass is 9.87. The van der Waals surface area contributed by atoms with Gasteiger partial charge in [-0.2, -0.15) is 0 Å². The van der Waals surface area contributed by atoms with E-state index in [0.717, 1.165) is 36.7 Å². The number of halogens is 1. The Kier molecular flexibility index (Phi) is 5.86. The van der Waals surface area contributed by atoms with Gasteiger partial charge < -0.3 is 5.32 Å². The van der Waals surface area contributed by atoms with Gasteiger partial charge in [0.1, 0.15) is 0 Å². The third-order valence-electron chi connectivity index (χ3n) is 4.25. The molecule has 1 aromatic carbocycles. The van der Waals surface area contributed by atoms with Crippen LogP contribution in [0.15, 0.2) is 33.6 Å². The van der Waals surface area contributed by atoms with Crippen molar-refractivity contribution in [1.29, 1.82) is 0 Å². The van der Waals surface area contributed by atoms with Crippen molar-refractivity contribution in [2.75, 3.05) is 6.54 Å². The molecule has 1 fully saturated rings. The fourth-order valence-electron chi connectivity index (χ4n) is 3.03. The van der Waals surface area contributed by atoms with Gasteiger partial charge in [-0.05, 0) is 62.4 Å². The zero-order chi connectivity index (χ0) is 15.5. The zero-order valence-corrected chi connectivity index (χ0v) is 15.1. The van der Waals surface area contributed by atoms with E-state index in [1.165, 1.54) is 0 Å². The third-order valence-corrected chi connectivity index (χ3v) is 7.03. The van der Waals surface area contributed by atoms with Crippen LogP contribution in [0.1, 0.15) is 39.5 Å². The fraction of sp³-hybridized carbons (Fsp3) is 0.625. The Labute approximate surface area is 136 Å². The van der Waals surface area contributed by atoms with Crippen LogP contribution in [-0.4, -0.2) is 26.3 Å². The van der Waals surface area contributed by atoms with Crippen LogP contribution in [0.3, 0.4) is 0 Å². The van der Waals surface area contributed by atoms with Gasteiger partial charge in [-0.15, -0.1) is 0 Å². The Morgan fingerprint density at radius 3 is 2.52 bits per heavy atom. The first kappa shape index (κ1) is 17.0.